The summed E-state index contributed by atoms with van der Waals surface area (Å²) in [7, 11) is 0. The summed E-state index contributed by atoms with van der Waals surface area (Å²) < 4.78 is 5.23. The molecule has 1 aromatic rings. The molecule has 2 heterocycles. The van der Waals surface area contributed by atoms with Crippen LogP contribution in [0, 0.1) is 0 Å². The van der Waals surface area contributed by atoms with Gasteiger partial charge in [-0.25, -0.2) is 5.10 Å². The molecule has 6 heteroatoms. The highest BCUT2D eigenvalue weighted by atomic mass is 16.5. The molecule has 1 unspecified atom stereocenters. The Morgan fingerprint density at radius 1 is 1.55 bits per heavy atom. The molecule has 2 rings (SSSR count). The van der Waals surface area contributed by atoms with Crippen molar-refractivity contribution in [1.29, 1.82) is 0 Å². The first kappa shape index (κ1) is 6.68. The van der Waals surface area contributed by atoms with Gasteiger partial charge in [0, 0.05) is 6.54 Å². The van der Waals surface area contributed by atoms with Crippen molar-refractivity contribution in [2.24, 2.45) is 0 Å². The number of ether oxygens (including phenoxy) is 1. The van der Waals surface area contributed by atoms with Crippen LogP contribution < -0.4 is 5.32 Å². The second kappa shape index (κ2) is 2.93. The van der Waals surface area contributed by atoms with Gasteiger partial charge in [-0.2, -0.15) is 0 Å². The summed E-state index contributed by atoms with van der Waals surface area (Å²) >= 11 is 0. The summed E-state index contributed by atoms with van der Waals surface area (Å²) in [4.78, 5) is 0. The lowest BCUT2D eigenvalue weighted by Crippen LogP contribution is -2.35. The van der Waals surface area contributed by atoms with Gasteiger partial charge in [0.2, 0.25) is 0 Å². The van der Waals surface area contributed by atoms with Crippen LogP contribution in [0.25, 0.3) is 0 Å². The van der Waals surface area contributed by atoms with Gasteiger partial charge in [-0.1, -0.05) is 0 Å². The Labute approximate surface area is 63.3 Å². The number of aromatic amines is 1. The molecule has 0 spiro atoms. The Bertz CT molecular complexity index is 205. The second-order valence-electron chi connectivity index (χ2n) is 2.37. The number of morpholine rings is 1. The Morgan fingerprint density at radius 3 is 3.18 bits per heavy atom. The van der Waals surface area contributed by atoms with Gasteiger partial charge in [0.15, 0.2) is 5.82 Å². The normalized spacial score (nSPS) is 25.3. The summed E-state index contributed by atoms with van der Waals surface area (Å²) in [5.74, 6) is 0.740. The third-order valence-corrected chi connectivity index (χ3v) is 1.61. The van der Waals surface area contributed by atoms with Crippen molar-refractivity contribution in [2.45, 2.75) is 6.04 Å². The van der Waals surface area contributed by atoms with Gasteiger partial charge >= 0.3 is 0 Å². The van der Waals surface area contributed by atoms with Crippen molar-refractivity contribution in [3.63, 3.8) is 0 Å². The maximum Gasteiger partial charge on any atom is 0.168 e. The average molecular weight is 155 g/mol. The zero-order valence-electron chi connectivity index (χ0n) is 5.95. The van der Waals surface area contributed by atoms with Crippen LogP contribution in [0.5, 0.6) is 0 Å². The van der Waals surface area contributed by atoms with Crippen molar-refractivity contribution in [2.75, 3.05) is 19.8 Å². The van der Waals surface area contributed by atoms with Gasteiger partial charge in [0.1, 0.15) is 0 Å². The minimum atomic E-state index is 0.124. The molecule has 11 heavy (non-hydrogen) atoms. The highest BCUT2D eigenvalue weighted by Gasteiger charge is 2.17. The summed E-state index contributed by atoms with van der Waals surface area (Å²) in [6.07, 6.45) is 0. The Hall–Kier alpha value is -1.01. The first-order chi connectivity index (χ1) is 5.47. The van der Waals surface area contributed by atoms with Crippen LogP contribution in [0.3, 0.4) is 0 Å². The van der Waals surface area contributed by atoms with E-state index in [9.17, 15) is 0 Å². The molecular formula is C5H9N5O. The Kier molecular flexibility index (Phi) is 1.78. The van der Waals surface area contributed by atoms with Gasteiger partial charge < -0.3 is 10.1 Å². The highest BCUT2D eigenvalue weighted by molar-refractivity contribution is 4.89. The van der Waals surface area contributed by atoms with Crippen LogP contribution in [0.1, 0.15) is 11.9 Å². The molecule has 2 N–H and O–H groups in total. The molecule has 0 bridgehead atoms. The first-order valence-electron chi connectivity index (χ1n) is 3.51. The molecule has 1 aromatic heterocycles. The highest BCUT2D eigenvalue weighted by Crippen LogP contribution is 2.07. The first-order valence-corrected chi connectivity index (χ1v) is 3.51. The maximum absolute atomic E-state index is 5.23. The predicted octanol–water partition coefficient (Wildman–Crippen LogP) is -1.14. The molecule has 1 fully saturated rings. The molecule has 0 amide bonds. The van der Waals surface area contributed by atoms with Crippen LogP contribution in [0.2, 0.25) is 0 Å². The molecule has 6 nitrogen and oxygen atoms in total. The van der Waals surface area contributed by atoms with E-state index in [-0.39, 0.29) is 6.04 Å². The van der Waals surface area contributed by atoms with E-state index in [0.29, 0.717) is 6.61 Å². The van der Waals surface area contributed by atoms with E-state index < -0.39 is 0 Å². The van der Waals surface area contributed by atoms with Crippen LogP contribution in [-0.4, -0.2) is 40.4 Å². The quantitative estimate of drug-likeness (QED) is 0.536. The van der Waals surface area contributed by atoms with E-state index in [1.54, 1.807) is 0 Å². The molecule has 0 aliphatic carbocycles. The van der Waals surface area contributed by atoms with Crippen LogP contribution in [0.4, 0.5) is 0 Å². The number of nitrogens with zero attached hydrogens (tertiary/aromatic N) is 3. The molecule has 1 aliphatic heterocycles. The fourth-order valence-electron chi connectivity index (χ4n) is 1.06. The zero-order valence-corrected chi connectivity index (χ0v) is 5.95. The molecule has 0 radical (unpaired) electrons. The predicted molar refractivity (Wildman–Crippen MR) is 35.7 cm³/mol. The smallest absolute Gasteiger partial charge is 0.168 e. The van der Waals surface area contributed by atoms with E-state index in [1.165, 1.54) is 0 Å². The standard InChI is InChI=1S/C5H9N5O/c1-2-11-3-4(6-1)5-7-9-10-8-5/h4,6H,1-3H2,(H,7,8,9,10). The summed E-state index contributed by atoms with van der Waals surface area (Å²) in [5, 5.41) is 16.7. The van der Waals surface area contributed by atoms with E-state index >= 15 is 0 Å². The van der Waals surface area contributed by atoms with Crippen molar-refractivity contribution >= 4 is 0 Å². The number of hydrogen-bond donors (Lipinski definition) is 2. The van der Waals surface area contributed by atoms with Gasteiger partial charge in [-0.3, -0.25) is 0 Å². The fraction of sp³-hybridized carbons (Fsp3) is 0.800. The van der Waals surface area contributed by atoms with Crippen LogP contribution in [0.15, 0.2) is 0 Å². The fourth-order valence-corrected chi connectivity index (χ4v) is 1.06. The monoisotopic (exact) mass is 155 g/mol. The summed E-state index contributed by atoms with van der Waals surface area (Å²) in [6.45, 7) is 2.25. The molecule has 1 atom stereocenters. The lowest BCUT2D eigenvalue weighted by Gasteiger charge is -2.20. The maximum atomic E-state index is 5.23. The number of tetrazole rings is 1. The lowest BCUT2D eigenvalue weighted by atomic mass is 10.3. The average Bonchev–Trinajstić information content (AvgIpc) is 2.58. The number of rotatable bonds is 1. The minimum Gasteiger partial charge on any atom is -0.378 e. The van der Waals surface area contributed by atoms with Crippen molar-refractivity contribution in [3.05, 3.63) is 5.82 Å². The summed E-state index contributed by atoms with van der Waals surface area (Å²) in [6, 6.07) is 0.124. The van der Waals surface area contributed by atoms with E-state index in [4.69, 9.17) is 4.74 Å². The number of H-pyrrole nitrogens is 1. The number of hydrogen-bond acceptors (Lipinski definition) is 5. The summed E-state index contributed by atoms with van der Waals surface area (Å²) in [5.41, 5.74) is 0. The van der Waals surface area contributed by atoms with Gasteiger partial charge in [-0.05, 0) is 10.4 Å². The van der Waals surface area contributed by atoms with E-state index in [0.717, 1.165) is 19.0 Å². The second-order valence-corrected chi connectivity index (χ2v) is 2.37. The van der Waals surface area contributed by atoms with Gasteiger partial charge in [-0.15, -0.1) is 5.10 Å². The molecule has 1 saturated heterocycles. The molecule has 1 aliphatic rings. The number of aromatic nitrogens is 4. The van der Waals surface area contributed by atoms with Crippen molar-refractivity contribution in [1.82, 2.24) is 25.9 Å². The lowest BCUT2D eigenvalue weighted by molar-refractivity contribution is 0.0742. The molecular weight excluding hydrogens is 146 g/mol. The topological polar surface area (TPSA) is 75.7 Å². The van der Waals surface area contributed by atoms with Gasteiger partial charge in [0.05, 0.1) is 19.3 Å². The molecule has 0 saturated carbocycles. The Balaban J connectivity index is 2.04. The van der Waals surface area contributed by atoms with Crippen molar-refractivity contribution < 1.29 is 4.74 Å². The van der Waals surface area contributed by atoms with E-state index in [1.807, 2.05) is 0 Å². The third kappa shape index (κ3) is 1.36. The zero-order chi connectivity index (χ0) is 7.52. The largest absolute Gasteiger partial charge is 0.378 e. The SMILES string of the molecule is C1COCC(c2nnn[nH]2)N1. The third-order valence-electron chi connectivity index (χ3n) is 1.61. The molecule has 0 aromatic carbocycles. The van der Waals surface area contributed by atoms with Crippen LogP contribution in [-0.2, 0) is 4.74 Å². The van der Waals surface area contributed by atoms with Crippen molar-refractivity contribution in [3.8, 4) is 0 Å². The number of nitrogens with one attached hydrogen (secondary N) is 2. The van der Waals surface area contributed by atoms with Crippen LogP contribution >= 0.6 is 0 Å². The van der Waals surface area contributed by atoms with E-state index in [2.05, 4.69) is 25.9 Å². The minimum absolute atomic E-state index is 0.124. The Morgan fingerprint density at radius 2 is 2.55 bits per heavy atom. The van der Waals surface area contributed by atoms with Gasteiger partial charge in [0.25, 0.3) is 0 Å². The molecule has 60 valence electrons.